The molecule has 2 aromatic rings. The summed E-state index contributed by atoms with van der Waals surface area (Å²) in [5, 5.41) is 7.48. The van der Waals surface area contributed by atoms with Gasteiger partial charge in [-0.25, -0.2) is 9.59 Å². The summed E-state index contributed by atoms with van der Waals surface area (Å²) in [4.78, 5) is 51.7. The summed E-state index contributed by atoms with van der Waals surface area (Å²) < 4.78 is 41.4. The van der Waals surface area contributed by atoms with Crippen molar-refractivity contribution in [2.24, 2.45) is 5.92 Å². The molecule has 1 aromatic heterocycles. The fraction of sp³-hybridized carbons (Fsp3) is 0.606. The van der Waals surface area contributed by atoms with Crippen molar-refractivity contribution < 1.29 is 27.6 Å². The molecule has 7 heterocycles. The first-order valence-corrected chi connectivity index (χ1v) is 18.3. The maximum absolute atomic E-state index is 14.1. The Hall–Kier alpha value is -3.27. The standard InChI is InChI=1S/C33H42ClF3N8O3S/c34-24-16-20(15-23(29(24)38)33(35,36)37)17-26(30(46)43-12-10-42(11-13-43)27-18-41-6-1-21(27)2-7-41)40-31(47)44-8-3-22(4-9-44)45-19-28-25(5-14-49-28)39-32(45)48/h5,14-16,21-22,26-27H,1-4,6-13,17-19,38H2,(H,39,48)(H,40,47)/t26-,27?/m1/s1. The topological polar surface area (TPSA) is 117 Å². The van der Waals surface area contributed by atoms with E-state index < -0.39 is 29.5 Å². The highest BCUT2D eigenvalue weighted by molar-refractivity contribution is 7.10. The van der Waals surface area contributed by atoms with Crippen LogP contribution in [0.25, 0.3) is 0 Å². The molecule has 6 aliphatic rings. The van der Waals surface area contributed by atoms with Crippen molar-refractivity contribution in [3.05, 3.63) is 44.6 Å². The minimum Gasteiger partial charge on any atom is -0.397 e. The van der Waals surface area contributed by atoms with E-state index in [1.54, 1.807) is 26.0 Å². The lowest BCUT2D eigenvalue weighted by Crippen LogP contribution is -2.63. The molecule has 5 fully saturated rings. The summed E-state index contributed by atoms with van der Waals surface area (Å²) in [6, 6.07) is 2.81. The zero-order valence-electron chi connectivity index (χ0n) is 27.2. The van der Waals surface area contributed by atoms with Gasteiger partial charge in [-0.05, 0) is 73.8 Å². The lowest BCUT2D eigenvalue weighted by atomic mass is 9.83. The maximum atomic E-state index is 14.1. The number of fused-ring (bicyclic) bond motifs is 4. The molecule has 0 saturated carbocycles. The third-order valence-corrected chi connectivity index (χ3v) is 12.2. The van der Waals surface area contributed by atoms with Gasteiger partial charge in [-0.1, -0.05) is 11.6 Å². The van der Waals surface area contributed by atoms with E-state index in [-0.39, 0.29) is 35.0 Å². The first-order valence-electron chi connectivity index (χ1n) is 17.0. The molecule has 1 aromatic carbocycles. The minimum absolute atomic E-state index is 0.0538. The third kappa shape index (κ3) is 7.17. The van der Waals surface area contributed by atoms with E-state index >= 15 is 0 Å². The molecule has 2 bridgehead atoms. The van der Waals surface area contributed by atoms with Crippen LogP contribution in [0.2, 0.25) is 5.02 Å². The van der Waals surface area contributed by atoms with Gasteiger partial charge in [0.25, 0.3) is 0 Å². The van der Waals surface area contributed by atoms with E-state index in [1.165, 1.54) is 18.9 Å². The van der Waals surface area contributed by atoms with Crippen molar-refractivity contribution in [1.29, 1.82) is 0 Å². The number of anilines is 2. The number of nitrogens with one attached hydrogen (secondary N) is 2. The molecule has 0 radical (unpaired) electrons. The highest BCUT2D eigenvalue weighted by Crippen LogP contribution is 2.38. The largest absolute Gasteiger partial charge is 0.418 e. The monoisotopic (exact) mass is 722 g/mol. The highest BCUT2D eigenvalue weighted by Gasteiger charge is 2.41. The number of carbonyl (C=O) groups is 3. The van der Waals surface area contributed by atoms with Gasteiger partial charge in [0.2, 0.25) is 5.91 Å². The molecule has 2 atom stereocenters. The summed E-state index contributed by atoms with van der Waals surface area (Å²) in [6.45, 7) is 6.94. The Morgan fingerprint density at radius 2 is 1.73 bits per heavy atom. The number of hydrogen-bond acceptors (Lipinski definition) is 7. The molecule has 5 saturated heterocycles. The molecule has 49 heavy (non-hydrogen) atoms. The number of rotatable bonds is 6. The second kappa shape index (κ2) is 13.8. The van der Waals surface area contributed by atoms with Gasteiger partial charge in [0.15, 0.2) is 0 Å². The number of nitrogens with zero attached hydrogens (tertiary/aromatic N) is 5. The predicted molar refractivity (Wildman–Crippen MR) is 181 cm³/mol. The third-order valence-electron chi connectivity index (χ3n) is 11.0. The van der Waals surface area contributed by atoms with Gasteiger partial charge >= 0.3 is 18.2 Å². The number of nitrogens with two attached hydrogens (primary N) is 1. The zero-order valence-corrected chi connectivity index (χ0v) is 28.8. The molecule has 6 aliphatic heterocycles. The fourth-order valence-corrected chi connectivity index (χ4v) is 9.28. The zero-order chi connectivity index (χ0) is 34.4. The fourth-order valence-electron chi connectivity index (χ4n) is 8.21. The van der Waals surface area contributed by atoms with Crippen LogP contribution in [0.5, 0.6) is 0 Å². The van der Waals surface area contributed by atoms with Crippen molar-refractivity contribution >= 4 is 52.3 Å². The number of alkyl halides is 3. The van der Waals surface area contributed by atoms with Gasteiger partial charge in [-0.15, -0.1) is 11.3 Å². The van der Waals surface area contributed by atoms with Crippen LogP contribution in [0.4, 0.5) is 34.1 Å². The number of piperazine rings is 1. The summed E-state index contributed by atoms with van der Waals surface area (Å²) in [5.41, 5.74) is 5.01. The molecule has 8 rings (SSSR count). The number of thiophene rings is 1. The number of benzene rings is 1. The lowest BCUT2D eigenvalue weighted by molar-refractivity contribution is -0.137. The van der Waals surface area contributed by atoms with Gasteiger partial charge in [0.05, 0.1) is 28.5 Å². The minimum atomic E-state index is -4.74. The Bertz CT molecular complexity index is 1570. The van der Waals surface area contributed by atoms with Gasteiger partial charge in [0, 0.05) is 69.2 Å². The number of likely N-dealkylation sites (tertiary alicyclic amines) is 1. The van der Waals surface area contributed by atoms with E-state index in [0.717, 1.165) is 36.3 Å². The summed E-state index contributed by atoms with van der Waals surface area (Å²) in [7, 11) is 0. The van der Waals surface area contributed by atoms with Crippen molar-refractivity contribution in [2.75, 3.05) is 70.0 Å². The Labute approximate surface area is 292 Å². The first-order chi connectivity index (χ1) is 23.4. The number of amides is 5. The van der Waals surface area contributed by atoms with E-state index in [4.69, 9.17) is 17.3 Å². The van der Waals surface area contributed by atoms with Crippen molar-refractivity contribution in [1.82, 2.24) is 29.8 Å². The number of carbonyl (C=O) groups excluding carboxylic acids is 3. The first kappa shape index (κ1) is 34.2. The van der Waals surface area contributed by atoms with Crippen LogP contribution in [0, 0.1) is 5.92 Å². The molecule has 4 N–H and O–H groups in total. The highest BCUT2D eigenvalue weighted by atomic mass is 35.5. The molecule has 16 heteroatoms. The SMILES string of the molecule is Nc1c(Cl)cc(C[C@@H](NC(=O)N2CCC(N3Cc4sccc4NC3=O)CC2)C(=O)N2CCN(C3CN4CCC3CC4)CC2)cc1C(F)(F)F. The second-order valence-electron chi connectivity index (χ2n) is 13.8. The van der Waals surface area contributed by atoms with Crippen LogP contribution in [0.3, 0.4) is 0 Å². The average molecular weight is 723 g/mol. The van der Waals surface area contributed by atoms with E-state index in [0.29, 0.717) is 70.6 Å². The average Bonchev–Trinajstić information content (AvgIpc) is 3.56. The molecular weight excluding hydrogens is 681 g/mol. The predicted octanol–water partition coefficient (Wildman–Crippen LogP) is 4.37. The lowest BCUT2D eigenvalue weighted by Gasteiger charge is -2.51. The molecule has 5 amide bonds. The molecule has 0 aliphatic carbocycles. The summed E-state index contributed by atoms with van der Waals surface area (Å²) in [5.74, 6) is 0.328. The van der Waals surface area contributed by atoms with Crippen LogP contribution in [0.1, 0.15) is 41.7 Å². The van der Waals surface area contributed by atoms with Crippen LogP contribution in [-0.4, -0.2) is 119 Å². The Morgan fingerprint density at radius 1 is 1.02 bits per heavy atom. The summed E-state index contributed by atoms with van der Waals surface area (Å²) in [6.07, 6.45) is -1.41. The summed E-state index contributed by atoms with van der Waals surface area (Å²) >= 11 is 7.72. The van der Waals surface area contributed by atoms with Gasteiger partial charge in [-0.3, -0.25) is 9.69 Å². The second-order valence-corrected chi connectivity index (χ2v) is 15.3. The number of hydrogen-bond donors (Lipinski definition) is 3. The Kier molecular flexibility index (Phi) is 9.63. The van der Waals surface area contributed by atoms with E-state index in [2.05, 4.69) is 20.4 Å². The number of halogens is 4. The van der Waals surface area contributed by atoms with Crippen LogP contribution in [0.15, 0.2) is 23.6 Å². The Morgan fingerprint density at radius 3 is 2.39 bits per heavy atom. The van der Waals surface area contributed by atoms with Crippen molar-refractivity contribution in [3.8, 4) is 0 Å². The maximum Gasteiger partial charge on any atom is 0.418 e. The molecule has 266 valence electrons. The van der Waals surface area contributed by atoms with Gasteiger partial charge in [0.1, 0.15) is 6.04 Å². The van der Waals surface area contributed by atoms with Crippen LogP contribution >= 0.6 is 22.9 Å². The number of urea groups is 2. The smallest absolute Gasteiger partial charge is 0.397 e. The van der Waals surface area contributed by atoms with Crippen LogP contribution in [-0.2, 0) is 23.9 Å². The quantitative estimate of drug-likeness (QED) is 0.382. The number of piperidine rings is 4. The van der Waals surface area contributed by atoms with E-state index in [9.17, 15) is 27.6 Å². The molecule has 11 nitrogen and oxygen atoms in total. The van der Waals surface area contributed by atoms with Gasteiger partial charge < -0.3 is 36.0 Å². The normalized spacial score (nSPS) is 25.6. The van der Waals surface area contributed by atoms with Crippen LogP contribution < -0.4 is 16.4 Å². The number of nitrogen functional groups attached to an aromatic ring is 1. The van der Waals surface area contributed by atoms with Crippen molar-refractivity contribution in [3.63, 3.8) is 0 Å². The Balaban J connectivity index is 1.03. The van der Waals surface area contributed by atoms with Gasteiger partial charge in [-0.2, -0.15) is 13.2 Å². The van der Waals surface area contributed by atoms with E-state index in [1.807, 2.05) is 11.4 Å². The molecule has 0 spiro atoms. The van der Waals surface area contributed by atoms with Crippen molar-refractivity contribution in [2.45, 2.75) is 63.0 Å². The molecule has 1 unspecified atom stereocenters. The molecular formula is C33H42ClF3N8O3S.